The molecule has 1 aromatic heterocycles. The fraction of sp³-hybridized carbons (Fsp3) is 0.600. The van der Waals surface area contributed by atoms with Gasteiger partial charge in [0.25, 0.3) is 0 Å². The number of nitrogens with two attached hydrogens (primary N) is 1. The molecule has 1 aromatic carbocycles. The molecule has 0 radical (unpaired) electrons. The third-order valence-electron chi connectivity index (χ3n) is 5.92. The van der Waals surface area contributed by atoms with E-state index in [1.54, 1.807) is 0 Å². The normalized spacial score (nSPS) is 24.4. The van der Waals surface area contributed by atoms with Crippen LogP contribution in [-0.2, 0) is 22.5 Å². The minimum absolute atomic E-state index is 0.0348. The smallest absolute Gasteiger partial charge is 0.240 e. The Labute approximate surface area is 155 Å². The molecule has 26 heavy (non-hydrogen) atoms. The number of rotatable bonds is 7. The van der Waals surface area contributed by atoms with Gasteiger partial charge in [0.1, 0.15) is 11.4 Å². The molecule has 142 valence electrons. The Morgan fingerprint density at radius 1 is 1.38 bits per heavy atom. The minimum Gasteiger partial charge on any atom is -0.378 e. The van der Waals surface area contributed by atoms with E-state index in [4.69, 9.17) is 15.5 Å². The maximum atomic E-state index is 12.7. The molecule has 0 bridgehead atoms. The van der Waals surface area contributed by atoms with Crippen LogP contribution in [0, 0.1) is 5.41 Å². The summed E-state index contributed by atoms with van der Waals surface area (Å²) in [5.74, 6) is 0.887. The first-order valence-electron chi connectivity index (χ1n) is 9.48. The summed E-state index contributed by atoms with van der Waals surface area (Å²) in [5.41, 5.74) is 7.30. The van der Waals surface area contributed by atoms with Gasteiger partial charge in [-0.2, -0.15) is 0 Å². The Kier molecular flexibility index (Phi) is 5.08. The van der Waals surface area contributed by atoms with Crippen molar-refractivity contribution in [2.75, 3.05) is 13.2 Å². The van der Waals surface area contributed by atoms with E-state index in [-0.39, 0.29) is 17.4 Å². The van der Waals surface area contributed by atoms with Crippen LogP contribution in [-0.4, -0.2) is 40.3 Å². The molecule has 6 heteroatoms. The predicted molar refractivity (Wildman–Crippen MR) is 103 cm³/mol. The van der Waals surface area contributed by atoms with E-state index in [0.29, 0.717) is 26.0 Å². The lowest BCUT2D eigenvalue weighted by atomic mass is 9.54. The molecule has 0 saturated heterocycles. The van der Waals surface area contributed by atoms with Gasteiger partial charge in [-0.25, -0.2) is 4.98 Å². The molecule has 1 aliphatic carbocycles. The number of carbonyl (C=O) groups excluding carboxylic acids is 1. The molecule has 1 heterocycles. The SMILES string of the molecule is CCOC1CC(N)(C(=O)NCCc2nc3ccccc3n2CC)C1(C)C. The van der Waals surface area contributed by atoms with Gasteiger partial charge in [0, 0.05) is 38.0 Å². The number of amides is 1. The molecule has 0 spiro atoms. The van der Waals surface area contributed by atoms with Gasteiger partial charge in [0.15, 0.2) is 0 Å². The number of imidazole rings is 1. The number of aryl methyl sites for hydroxylation is 1. The highest BCUT2D eigenvalue weighted by molar-refractivity contribution is 5.88. The molecule has 1 saturated carbocycles. The van der Waals surface area contributed by atoms with Crippen molar-refractivity contribution < 1.29 is 9.53 Å². The molecule has 1 fully saturated rings. The van der Waals surface area contributed by atoms with E-state index in [1.165, 1.54) is 0 Å². The molecule has 1 amide bonds. The van der Waals surface area contributed by atoms with Crippen molar-refractivity contribution in [1.29, 1.82) is 0 Å². The second-order valence-corrected chi connectivity index (χ2v) is 7.61. The summed E-state index contributed by atoms with van der Waals surface area (Å²) in [6.07, 6.45) is 1.28. The zero-order valence-corrected chi connectivity index (χ0v) is 16.2. The Morgan fingerprint density at radius 2 is 2.12 bits per heavy atom. The zero-order chi connectivity index (χ0) is 18.9. The van der Waals surface area contributed by atoms with Crippen LogP contribution in [0.15, 0.2) is 24.3 Å². The number of nitrogens with one attached hydrogen (secondary N) is 1. The second-order valence-electron chi connectivity index (χ2n) is 7.61. The van der Waals surface area contributed by atoms with E-state index >= 15 is 0 Å². The Bertz CT molecular complexity index is 798. The Morgan fingerprint density at radius 3 is 2.77 bits per heavy atom. The van der Waals surface area contributed by atoms with Crippen molar-refractivity contribution in [3.63, 3.8) is 0 Å². The number of nitrogens with zero attached hydrogens (tertiary/aromatic N) is 2. The van der Waals surface area contributed by atoms with Gasteiger partial charge in [-0.15, -0.1) is 0 Å². The van der Waals surface area contributed by atoms with Crippen molar-refractivity contribution in [2.45, 2.75) is 58.7 Å². The maximum Gasteiger partial charge on any atom is 0.240 e. The Hall–Kier alpha value is -1.92. The zero-order valence-electron chi connectivity index (χ0n) is 16.2. The summed E-state index contributed by atoms with van der Waals surface area (Å²) in [5, 5.41) is 3.01. The van der Waals surface area contributed by atoms with Gasteiger partial charge in [0.2, 0.25) is 5.91 Å². The van der Waals surface area contributed by atoms with Gasteiger partial charge in [-0.3, -0.25) is 4.79 Å². The van der Waals surface area contributed by atoms with Crippen molar-refractivity contribution in [3.05, 3.63) is 30.1 Å². The summed E-state index contributed by atoms with van der Waals surface area (Å²) in [4.78, 5) is 17.4. The number of carbonyl (C=O) groups is 1. The lowest BCUT2D eigenvalue weighted by Gasteiger charge is -2.57. The van der Waals surface area contributed by atoms with Crippen LogP contribution in [0.5, 0.6) is 0 Å². The molecular weight excluding hydrogens is 328 g/mol. The molecular formula is C20H30N4O2. The monoisotopic (exact) mass is 358 g/mol. The quantitative estimate of drug-likeness (QED) is 0.795. The number of para-hydroxylation sites is 2. The summed E-state index contributed by atoms with van der Waals surface area (Å²) in [6, 6.07) is 8.11. The highest BCUT2D eigenvalue weighted by Gasteiger charge is 2.62. The Balaban J connectivity index is 1.63. The topological polar surface area (TPSA) is 82.2 Å². The van der Waals surface area contributed by atoms with E-state index in [1.807, 2.05) is 39.0 Å². The van der Waals surface area contributed by atoms with Crippen LogP contribution in [0.4, 0.5) is 0 Å². The van der Waals surface area contributed by atoms with Crippen molar-refractivity contribution in [3.8, 4) is 0 Å². The van der Waals surface area contributed by atoms with Crippen molar-refractivity contribution in [2.24, 2.45) is 11.1 Å². The van der Waals surface area contributed by atoms with Crippen LogP contribution >= 0.6 is 0 Å². The number of ether oxygens (including phenoxy) is 1. The lowest BCUT2D eigenvalue weighted by Crippen LogP contribution is -2.75. The van der Waals surface area contributed by atoms with E-state index in [0.717, 1.165) is 23.4 Å². The van der Waals surface area contributed by atoms with Gasteiger partial charge in [0.05, 0.1) is 17.1 Å². The standard InChI is InChI=1S/C20H30N4O2/c1-5-24-15-10-8-7-9-14(15)23-17(24)11-12-22-18(25)20(21)13-16(26-6-2)19(20,3)4/h7-10,16H,5-6,11-13,21H2,1-4H3,(H,22,25). The maximum absolute atomic E-state index is 12.7. The first-order chi connectivity index (χ1) is 12.3. The van der Waals surface area contributed by atoms with E-state index in [2.05, 4.69) is 22.9 Å². The highest BCUT2D eigenvalue weighted by atomic mass is 16.5. The van der Waals surface area contributed by atoms with Crippen LogP contribution in [0.1, 0.15) is 39.9 Å². The largest absolute Gasteiger partial charge is 0.378 e. The van der Waals surface area contributed by atoms with E-state index in [9.17, 15) is 4.79 Å². The first kappa shape index (κ1) is 18.9. The molecule has 0 aliphatic heterocycles. The minimum atomic E-state index is -0.877. The fourth-order valence-electron chi connectivity index (χ4n) is 3.94. The summed E-state index contributed by atoms with van der Waals surface area (Å²) in [7, 11) is 0. The second kappa shape index (κ2) is 7.00. The molecule has 1 aliphatic rings. The number of aromatic nitrogens is 2. The number of hydrogen-bond donors (Lipinski definition) is 2. The first-order valence-corrected chi connectivity index (χ1v) is 9.48. The van der Waals surface area contributed by atoms with Crippen LogP contribution in [0.3, 0.4) is 0 Å². The average Bonchev–Trinajstić information content (AvgIpc) is 2.98. The summed E-state index contributed by atoms with van der Waals surface area (Å²) < 4.78 is 7.90. The van der Waals surface area contributed by atoms with Crippen LogP contribution in [0.25, 0.3) is 11.0 Å². The fourth-order valence-corrected chi connectivity index (χ4v) is 3.94. The number of benzene rings is 1. The molecule has 2 aromatic rings. The van der Waals surface area contributed by atoms with Gasteiger partial charge >= 0.3 is 0 Å². The van der Waals surface area contributed by atoms with Gasteiger partial charge in [-0.05, 0) is 26.0 Å². The summed E-state index contributed by atoms with van der Waals surface area (Å²) >= 11 is 0. The number of hydrogen-bond acceptors (Lipinski definition) is 4. The molecule has 2 unspecified atom stereocenters. The van der Waals surface area contributed by atoms with Crippen molar-refractivity contribution in [1.82, 2.24) is 14.9 Å². The third kappa shape index (κ3) is 2.91. The molecule has 2 atom stereocenters. The molecule has 3 N–H and O–H groups in total. The van der Waals surface area contributed by atoms with Gasteiger partial charge in [-0.1, -0.05) is 26.0 Å². The van der Waals surface area contributed by atoms with E-state index < -0.39 is 5.54 Å². The average molecular weight is 358 g/mol. The van der Waals surface area contributed by atoms with Crippen LogP contribution < -0.4 is 11.1 Å². The van der Waals surface area contributed by atoms with Crippen LogP contribution in [0.2, 0.25) is 0 Å². The highest BCUT2D eigenvalue weighted by Crippen LogP contribution is 2.49. The molecule has 3 rings (SSSR count). The lowest BCUT2D eigenvalue weighted by molar-refractivity contribution is -0.170. The summed E-state index contributed by atoms with van der Waals surface area (Å²) in [6.45, 7) is 10.1. The number of fused-ring (bicyclic) bond motifs is 1. The van der Waals surface area contributed by atoms with Gasteiger partial charge < -0.3 is 20.4 Å². The van der Waals surface area contributed by atoms with Crippen molar-refractivity contribution >= 4 is 16.9 Å². The third-order valence-corrected chi connectivity index (χ3v) is 5.92. The predicted octanol–water partition coefficient (Wildman–Crippen LogP) is 2.25. The molecule has 6 nitrogen and oxygen atoms in total.